The summed E-state index contributed by atoms with van der Waals surface area (Å²) in [5.74, 6) is -0.537. The van der Waals surface area contributed by atoms with Crippen LogP contribution in [0.1, 0.15) is 6.92 Å². The van der Waals surface area contributed by atoms with Crippen LogP contribution in [0.4, 0.5) is 0 Å². The van der Waals surface area contributed by atoms with E-state index in [9.17, 15) is 4.79 Å². The molecule has 0 heterocycles. The molecule has 3 heteroatoms. The Labute approximate surface area is 54.0 Å². The van der Waals surface area contributed by atoms with Gasteiger partial charge in [-0.3, -0.25) is 4.79 Å². The molecule has 0 aromatic heterocycles. The minimum absolute atomic E-state index is 0.213. The van der Waals surface area contributed by atoms with Crippen molar-refractivity contribution in [3.8, 4) is 0 Å². The lowest BCUT2D eigenvalue weighted by molar-refractivity contribution is -0.114. The number of amides is 1. The summed E-state index contributed by atoms with van der Waals surface area (Å²) >= 11 is 0. The topological polar surface area (TPSA) is 69.1 Å². The van der Waals surface area contributed by atoms with Crippen molar-refractivity contribution >= 4 is 5.91 Å². The first-order valence-electron chi connectivity index (χ1n) is 2.50. The lowest BCUT2D eigenvalue weighted by Gasteiger charge is -1.97. The van der Waals surface area contributed by atoms with Crippen LogP contribution in [0.2, 0.25) is 0 Å². The van der Waals surface area contributed by atoms with Crippen LogP contribution in [0.15, 0.2) is 23.9 Å². The summed E-state index contributed by atoms with van der Waals surface area (Å²) < 4.78 is 0. The molecule has 50 valence electrons. The number of rotatable bonds is 2. The summed E-state index contributed by atoms with van der Waals surface area (Å²) in [4.78, 5) is 10.4. The van der Waals surface area contributed by atoms with E-state index < -0.39 is 5.91 Å². The molecule has 0 aliphatic carbocycles. The Morgan fingerprint density at radius 1 is 1.56 bits per heavy atom. The van der Waals surface area contributed by atoms with Gasteiger partial charge in [0, 0.05) is 5.70 Å². The molecule has 0 unspecified atom stereocenters. The smallest absolute Gasteiger partial charge is 0.250 e. The maximum absolute atomic E-state index is 10.4. The van der Waals surface area contributed by atoms with Gasteiger partial charge in [-0.15, -0.1) is 0 Å². The van der Waals surface area contributed by atoms with E-state index in [1.165, 1.54) is 6.08 Å². The maximum atomic E-state index is 10.4. The third-order valence-corrected chi connectivity index (χ3v) is 0.900. The predicted molar refractivity (Wildman–Crippen MR) is 36.3 cm³/mol. The second kappa shape index (κ2) is 2.91. The van der Waals surface area contributed by atoms with Crippen LogP contribution in [0.5, 0.6) is 0 Å². The molecular formula is C6H10N2O. The Balaban J connectivity index is 4.38. The average molecular weight is 126 g/mol. The summed E-state index contributed by atoms with van der Waals surface area (Å²) in [6.45, 7) is 5.03. The summed E-state index contributed by atoms with van der Waals surface area (Å²) in [6.07, 6.45) is 1.53. The molecule has 0 atom stereocenters. The van der Waals surface area contributed by atoms with Crippen LogP contribution in [-0.2, 0) is 4.79 Å². The normalized spacial score (nSPS) is 11.0. The SMILES string of the molecule is C=C(N)/C(=C\C)C(N)=O. The molecule has 0 aliphatic heterocycles. The van der Waals surface area contributed by atoms with E-state index in [2.05, 4.69) is 6.58 Å². The third-order valence-electron chi connectivity index (χ3n) is 0.900. The van der Waals surface area contributed by atoms with Crippen LogP contribution in [0.3, 0.4) is 0 Å². The van der Waals surface area contributed by atoms with E-state index in [-0.39, 0.29) is 11.3 Å². The number of nitrogens with two attached hydrogens (primary N) is 2. The zero-order valence-electron chi connectivity index (χ0n) is 5.35. The number of hydrogen-bond acceptors (Lipinski definition) is 2. The Kier molecular flexibility index (Phi) is 2.51. The van der Waals surface area contributed by atoms with Crippen molar-refractivity contribution in [2.24, 2.45) is 11.5 Å². The van der Waals surface area contributed by atoms with Gasteiger partial charge in [-0.1, -0.05) is 12.7 Å². The highest BCUT2D eigenvalue weighted by Crippen LogP contribution is 1.98. The summed E-state index contributed by atoms with van der Waals surface area (Å²) in [7, 11) is 0. The zero-order valence-corrected chi connectivity index (χ0v) is 5.35. The summed E-state index contributed by atoms with van der Waals surface area (Å²) in [5, 5.41) is 0. The van der Waals surface area contributed by atoms with E-state index in [0.29, 0.717) is 0 Å². The molecule has 9 heavy (non-hydrogen) atoms. The molecule has 0 spiro atoms. The lowest BCUT2D eigenvalue weighted by atomic mass is 10.2. The number of primary amides is 1. The summed E-state index contributed by atoms with van der Waals surface area (Å²) in [5.41, 5.74) is 10.6. The van der Waals surface area contributed by atoms with Crippen LogP contribution < -0.4 is 11.5 Å². The Morgan fingerprint density at radius 2 is 2.00 bits per heavy atom. The van der Waals surface area contributed by atoms with E-state index in [1.807, 2.05) is 0 Å². The number of carbonyl (C=O) groups is 1. The van der Waals surface area contributed by atoms with Gasteiger partial charge in [-0.05, 0) is 6.92 Å². The average Bonchev–Trinajstić information content (AvgIpc) is 1.64. The van der Waals surface area contributed by atoms with Crippen LogP contribution in [0.25, 0.3) is 0 Å². The largest absolute Gasteiger partial charge is 0.399 e. The molecule has 0 saturated carbocycles. The van der Waals surface area contributed by atoms with Gasteiger partial charge in [0.15, 0.2) is 0 Å². The Hall–Kier alpha value is -1.25. The highest BCUT2D eigenvalue weighted by Gasteiger charge is 2.02. The molecule has 4 N–H and O–H groups in total. The Morgan fingerprint density at radius 3 is 2.00 bits per heavy atom. The number of allylic oxidation sites excluding steroid dienone is 1. The molecule has 0 radical (unpaired) electrons. The molecule has 3 nitrogen and oxygen atoms in total. The fourth-order valence-electron chi connectivity index (χ4n) is 0.486. The number of carbonyl (C=O) groups excluding carboxylic acids is 1. The second-order valence-electron chi connectivity index (χ2n) is 1.59. The summed E-state index contributed by atoms with van der Waals surface area (Å²) in [6, 6.07) is 0. The van der Waals surface area contributed by atoms with Crippen LogP contribution in [-0.4, -0.2) is 5.91 Å². The molecule has 0 rings (SSSR count). The van der Waals surface area contributed by atoms with Crippen LogP contribution in [0, 0.1) is 0 Å². The van der Waals surface area contributed by atoms with E-state index in [4.69, 9.17) is 11.5 Å². The van der Waals surface area contributed by atoms with E-state index in [0.717, 1.165) is 0 Å². The van der Waals surface area contributed by atoms with Gasteiger partial charge in [0.05, 0.1) is 5.57 Å². The predicted octanol–water partition coefficient (Wildman–Crippen LogP) is -0.110. The van der Waals surface area contributed by atoms with Gasteiger partial charge < -0.3 is 11.5 Å². The molecule has 0 aromatic carbocycles. The Bertz CT molecular complexity index is 154. The van der Waals surface area contributed by atoms with Crippen molar-refractivity contribution in [3.05, 3.63) is 23.9 Å². The molecule has 0 fully saturated rings. The zero-order chi connectivity index (χ0) is 7.44. The standard InChI is InChI=1S/C6H10N2O/c1-3-5(4(2)7)6(8)9/h3H,2,7H2,1H3,(H2,8,9)/b5-3+. The minimum atomic E-state index is -0.537. The monoisotopic (exact) mass is 126 g/mol. The van der Waals surface area contributed by atoms with Crippen molar-refractivity contribution in [1.29, 1.82) is 0 Å². The van der Waals surface area contributed by atoms with Crippen molar-refractivity contribution in [2.45, 2.75) is 6.92 Å². The molecule has 1 amide bonds. The van der Waals surface area contributed by atoms with Gasteiger partial charge >= 0.3 is 0 Å². The van der Waals surface area contributed by atoms with Crippen LogP contribution >= 0.6 is 0 Å². The molecular weight excluding hydrogens is 116 g/mol. The van der Waals surface area contributed by atoms with E-state index >= 15 is 0 Å². The molecule has 0 bridgehead atoms. The third kappa shape index (κ3) is 1.99. The highest BCUT2D eigenvalue weighted by molar-refractivity contribution is 5.95. The fraction of sp³-hybridized carbons (Fsp3) is 0.167. The quantitative estimate of drug-likeness (QED) is 0.400. The van der Waals surface area contributed by atoms with Crippen molar-refractivity contribution in [2.75, 3.05) is 0 Å². The first-order chi connectivity index (χ1) is 4.09. The lowest BCUT2D eigenvalue weighted by Crippen LogP contribution is -2.18. The molecule has 0 aromatic rings. The molecule has 0 saturated heterocycles. The second-order valence-corrected chi connectivity index (χ2v) is 1.59. The van der Waals surface area contributed by atoms with Gasteiger partial charge in [-0.2, -0.15) is 0 Å². The van der Waals surface area contributed by atoms with Crippen molar-refractivity contribution in [1.82, 2.24) is 0 Å². The molecule has 0 aliphatic rings. The van der Waals surface area contributed by atoms with Crippen molar-refractivity contribution in [3.63, 3.8) is 0 Å². The fourth-order valence-corrected chi connectivity index (χ4v) is 0.486. The van der Waals surface area contributed by atoms with Gasteiger partial charge in [0.2, 0.25) is 5.91 Å². The highest BCUT2D eigenvalue weighted by atomic mass is 16.1. The van der Waals surface area contributed by atoms with Gasteiger partial charge in [0.1, 0.15) is 0 Å². The van der Waals surface area contributed by atoms with Gasteiger partial charge in [-0.25, -0.2) is 0 Å². The van der Waals surface area contributed by atoms with E-state index in [1.54, 1.807) is 6.92 Å². The maximum Gasteiger partial charge on any atom is 0.250 e. The first kappa shape index (κ1) is 7.75. The number of hydrogen-bond donors (Lipinski definition) is 2. The minimum Gasteiger partial charge on any atom is -0.399 e. The van der Waals surface area contributed by atoms with Gasteiger partial charge in [0.25, 0.3) is 0 Å². The van der Waals surface area contributed by atoms with Crippen molar-refractivity contribution < 1.29 is 4.79 Å². The first-order valence-corrected chi connectivity index (χ1v) is 2.50.